The van der Waals surface area contributed by atoms with Gasteiger partial charge in [-0.25, -0.2) is 4.39 Å². The summed E-state index contributed by atoms with van der Waals surface area (Å²) in [5, 5.41) is 14.2. The van der Waals surface area contributed by atoms with Gasteiger partial charge in [-0.2, -0.15) is 0 Å². The van der Waals surface area contributed by atoms with Crippen LogP contribution < -0.4 is 10.2 Å². The Morgan fingerprint density at radius 3 is 2.57 bits per heavy atom. The average molecular weight is 404 g/mol. The van der Waals surface area contributed by atoms with Gasteiger partial charge in [-0.15, -0.1) is 0 Å². The Morgan fingerprint density at radius 1 is 1.07 bits per heavy atom. The minimum atomic E-state index is -2.06. The lowest BCUT2D eigenvalue weighted by Crippen LogP contribution is -2.44. The van der Waals surface area contributed by atoms with Crippen LogP contribution in [0, 0.1) is 19.7 Å². The number of rotatable bonds is 4. The number of halogens is 1. The van der Waals surface area contributed by atoms with Gasteiger partial charge in [0.1, 0.15) is 12.4 Å². The molecule has 0 aliphatic carbocycles. The number of hydrogen-bond donors (Lipinski definition) is 2. The number of nitrogens with one attached hydrogen (secondary N) is 1. The topological polar surface area (TPSA) is 69.6 Å². The van der Waals surface area contributed by atoms with Crippen molar-refractivity contribution in [3.05, 3.63) is 94.8 Å². The molecule has 1 aliphatic rings. The molecule has 0 unspecified atom stereocenters. The molecule has 2 amide bonds. The van der Waals surface area contributed by atoms with Gasteiger partial charge in [-0.05, 0) is 43.7 Å². The van der Waals surface area contributed by atoms with E-state index in [1.807, 2.05) is 32.0 Å². The van der Waals surface area contributed by atoms with E-state index < -0.39 is 23.2 Å². The van der Waals surface area contributed by atoms with Crippen LogP contribution in [0.4, 0.5) is 15.8 Å². The van der Waals surface area contributed by atoms with Crippen LogP contribution in [-0.4, -0.2) is 23.5 Å². The van der Waals surface area contributed by atoms with Crippen molar-refractivity contribution in [2.45, 2.75) is 19.4 Å². The summed E-state index contributed by atoms with van der Waals surface area (Å²) in [6.45, 7) is 3.58. The predicted molar refractivity (Wildman–Crippen MR) is 113 cm³/mol. The van der Waals surface area contributed by atoms with Crippen LogP contribution in [0.15, 0.2) is 66.7 Å². The minimum absolute atomic E-state index is 0.122. The van der Waals surface area contributed by atoms with Crippen LogP contribution in [0.3, 0.4) is 0 Å². The Morgan fingerprint density at radius 2 is 1.83 bits per heavy atom. The van der Waals surface area contributed by atoms with Crippen molar-refractivity contribution in [2.24, 2.45) is 0 Å². The Kier molecular flexibility index (Phi) is 4.87. The largest absolute Gasteiger partial charge is 0.372 e. The van der Waals surface area contributed by atoms with E-state index in [0.717, 1.165) is 17.2 Å². The molecule has 152 valence electrons. The minimum Gasteiger partial charge on any atom is -0.372 e. The highest BCUT2D eigenvalue weighted by molar-refractivity contribution is 6.12. The third kappa shape index (κ3) is 3.25. The van der Waals surface area contributed by atoms with Gasteiger partial charge in [0, 0.05) is 16.8 Å². The second-order valence-corrected chi connectivity index (χ2v) is 7.50. The molecule has 4 rings (SSSR count). The van der Waals surface area contributed by atoms with Crippen molar-refractivity contribution >= 4 is 23.2 Å². The van der Waals surface area contributed by atoms with E-state index in [0.29, 0.717) is 16.9 Å². The van der Waals surface area contributed by atoms with Gasteiger partial charge in [0.25, 0.3) is 5.91 Å². The molecule has 0 fully saturated rings. The number of amides is 2. The molecule has 0 saturated heterocycles. The van der Waals surface area contributed by atoms with Crippen LogP contribution >= 0.6 is 0 Å². The molecular weight excluding hydrogens is 383 g/mol. The Balaban J connectivity index is 1.66. The van der Waals surface area contributed by atoms with Crippen molar-refractivity contribution in [3.63, 3.8) is 0 Å². The maximum absolute atomic E-state index is 13.8. The summed E-state index contributed by atoms with van der Waals surface area (Å²) in [6, 6.07) is 17.6. The zero-order valence-corrected chi connectivity index (χ0v) is 16.6. The first-order valence-corrected chi connectivity index (χ1v) is 9.57. The van der Waals surface area contributed by atoms with E-state index in [9.17, 15) is 19.1 Å². The molecule has 1 aliphatic heterocycles. The fraction of sp³-hybridized carbons (Fsp3) is 0.167. The van der Waals surface area contributed by atoms with E-state index in [1.165, 1.54) is 23.1 Å². The summed E-state index contributed by atoms with van der Waals surface area (Å²) in [4.78, 5) is 27.2. The third-order valence-corrected chi connectivity index (χ3v) is 5.34. The molecule has 1 atom stereocenters. The fourth-order valence-corrected chi connectivity index (χ4v) is 3.87. The molecule has 3 aromatic rings. The zero-order valence-electron chi connectivity index (χ0n) is 16.6. The number of aliphatic hydroxyl groups is 1. The van der Waals surface area contributed by atoms with Crippen molar-refractivity contribution in [3.8, 4) is 0 Å². The van der Waals surface area contributed by atoms with Crippen LogP contribution in [0.2, 0.25) is 0 Å². The standard InChI is InChI=1S/C24H21FN2O3/c1-15-10-11-20(16(2)12-15)26-22(28)14-27-21-9-4-3-8-19(21)24(30,23(27)29)17-6-5-7-18(25)13-17/h3-13,30H,14H2,1-2H3,(H,26,28)/t24-/m0/s1. The van der Waals surface area contributed by atoms with Crippen LogP contribution in [0.25, 0.3) is 0 Å². The SMILES string of the molecule is Cc1ccc(NC(=O)CN2C(=O)[C@](O)(c3cccc(F)c3)c3ccccc32)c(C)c1. The smallest absolute Gasteiger partial charge is 0.268 e. The highest BCUT2D eigenvalue weighted by atomic mass is 19.1. The molecule has 0 aromatic heterocycles. The summed E-state index contributed by atoms with van der Waals surface area (Å²) in [6.07, 6.45) is 0. The summed E-state index contributed by atoms with van der Waals surface area (Å²) in [7, 11) is 0. The van der Waals surface area contributed by atoms with Gasteiger partial charge in [0.15, 0.2) is 5.60 Å². The lowest BCUT2D eigenvalue weighted by atomic mass is 9.87. The Hall–Kier alpha value is -3.51. The Bertz CT molecular complexity index is 1160. The Labute approximate surface area is 173 Å². The molecule has 0 bridgehead atoms. The van der Waals surface area contributed by atoms with Gasteiger partial charge >= 0.3 is 0 Å². The first-order valence-electron chi connectivity index (χ1n) is 9.57. The van der Waals surface area contributed by atoms with E-state index in [2.05, 4.69) is 5.32 Å². The molecule has 0 saturated carbocycles. The van der Waals surface area contributed by atoms with Crippen molar-refractivity contribution in [1.29, 1.82) is 0 Å². The molecule has 0 radical (unpaired) electrons. The highest BCUT2D eigenvalue weighted by Crippen LogP contribution is 2.44. The quantitative estimate of drug-likeness (QED) is 0.697. The molecule has 0 spiro atoms. The van der Waals surface area contributed by atoms with Crippen LogP contribution in [-0.2, 0) is 15.2 Å². The van der Waals surface area contributed by atoms with Crippen molar-refractivity contribution in [2.75, 3.05) is 16.8 Å². The maximum atomic E-state index is 13.8. The second kappa shape index (κ2) is 7.39. The van der Waals surface area contributed by atoms with Crippen LogP contribution in [0.5, 0.6) is 0 Å². The lowest BCUT2D eigenvalue weighted by molar-refractivity contribution is -0.133. The number of carbonyl (C=O) groups is 2. The van der Waals surface area contributed by atoms with E-state index >= 15 is 0 Å². The summed E-state index contributed by atoms with van der Waals surface area (Å²) < 4.78 is 13.8. The lowest BCUT2D eigenvalue weighted by Gasteiger charge is -2.23. The summed E-state index contributed by atoms with van der Waals surface area (Å²) >= 11 is 0. The van der Waals surface area contributed by atoms with Gasteiger partial charge in [-0.1, -0.05) is 48.0 Å². The third-order valence-electron chi connectivity index (χ3n) is 5.34. The van der Waals surface area contributed by atoms with Gasteiger partial charge in [0.05, 0.1) is 5.69 Å². The monoisotopic (exact) mass is 404 g/mol. The molecule has 30 heavy (non-hydrogen) atoms. The average Bonchev–Trinajstić information content (AvgIpc) is 2.93. The number of para-hydroxylation sites is 1. The van der Waals surface area contributed by atoms with E-state index in [4.69, 9.17) is 0 Å². The van der Waals surface area contributed by atoms with Crippen molar-refractivity contribution in [1.82, 2.24) is 0 Å². The molecule has 2 N–H and O–H groups in total. The fourth-order valence-electron chi connectivity index (χ4n) is 3.87. The zero-order chi connectivity index (χ0) is 21.5. The predicted octanol–water partition coefficient (Wildman–Crippen LogP) is 3.66. The van der Waals surface area contributed by atoms with Gasteiger partial charge in [-0.3, -0.25) is 14.5 Å². The van der Waals surface area contributed by atoms with Crippen LogP contribution in [0.1, 0.15) is 22.3 Å². The number of aryl methyl sites for hydroxylation is 2. The first-order chi connectivity index (χ1) is 14.3. The number of carbonyl (C=O) groups excluding carboxylic acids is 2. The normalized spacial score (nSPS) is 17.7. The molecule has 6 heteroatoms. The van der Waals surface area contributed by atoms with E-state index in [-0.39, 0.29) is 12.1 Å². The first kappa shape index (κ1) is 19.8. The number of hydrogen-bond acceptors (Lipinski definition) is 3. The number of benzene rings is 3. The summed E-state index contributed by atoms with van der Waals surface area (Å²) in [5.41, 5.74) is 1.45. The number of nitrogens with zero attached hydrogens (tertiary/aromatic N) is 1. The van der Waals surface area contributed by atoms with Gasteiger partial charge < -0.3 is 10.4 Å². The maximum Gasteiger partial charge on any atom is 0.268 e. The van der Waals surface area contributed by atoms with E-state index in [1.54, 1.807) is 24.3 Å². The molecule has 1 heterocycles. The molecule has 3 aromatic carbocycles. The number of fused-ring (bicyclic) bond motifs is 1. The summed E-state index contributed by atoms with van der Waals surface area (Å²) in [5.74, 6) is -1.64. The van der Waals surface area contributed by atoms with Gasteiger partial charge in [0.2, 0.25) is 5.91 Å². The van der Waals surface area contributed by atoms with Crippen molar-refractivity contribution < 1.29 is 19.1 Å². The highest BCUT2D eigenvalue weighted by Gasteiger charge is 2.51. The number of anilines is 2. The second-order valence-electron chi connectivity index (χ2n) is 7.50. The molecular formula is C24H21FN2O3. The molecule has 5 nitrogen and oxygen atoms in total.